The molecule has 0 heterocycles. The largest absolute Gasteiger partial charge is 0.505 e. The van der Waals surface area contributed by atoms with Crippen LogP contribution in [0.15, 0.2) is 36.4 Å². The Balaban J connectivity index is 2.89. The number of carbonyl (C=O) groups is 5. The molecule has 1 aromatic carbocycles. The first kappa shape index (κ1) is 41.7. The minimum absolute atomic E-state index is 0.120. The number of unbranched alkanes of at least 4 members (excludes halogenated alkanes) is 8. The van der Waals surface area contributed by atoms with Gasteiger partial charge in [0.2, 0.25) is 5.91 Å². The zero-order valence-electron chi connectivity index (χ0n) is 28.2. The fraction of sp³-hybridized carbons (Fsp3) is 0.583. The lowest BCUT2D eigenvalue weighted by Gasteiger charge is -2.31. The lowest BCUT2D eigenvalue weighted by atomic mass is 9.82. The SMILES string of the molecule is CC#CCOc1ccc(C[C@H](NC(=O)[C@@H](C=CCCCCCCC(=O)CCCCCCC)[C@@](O)(CCOC(=O)O)C(N)=O)C(=O)O)cc1. The Morgan fingerprint density at radius 1 is 0.958 bits per heavy atom. The first-order chi connectivity index (χ1) is 22.9. The summed E-state index contributed by atoms with van der Waals surface area (Å²) < 4.78 is 9.91. The summed E-state index contributed by atoms with van der Waals surface area (Å²) in [7, 11) is 0. The number of Topliss-reactive ketones (excluding diaryl/α,β-unsaturated/α-hetero) is 1. The van der Waals surface area contributed by atoms with Gasteiger partial charge in [-0.05, 0) is 50.3 Å². The van der Waals surface area contributed by atoms with E-state index in [2.05, 4.69) is 28.8 Å². The van der Waals surface area contributed by atoms with Gasteiger partial charge >= 0.3 is 12.1 Å². The van der Waals surface area contributed by atoms with Crippen molar-refractivity contribution in [3.63, 3.8) is 0 Å². The number of rotatable bonds is 26. The Hall–Kier alpha value is -4.37. The normalized spacial score (nSPS) is 13.4. The molecule has 6 N–H and O–H groups in total. The number of aliphatic hydroxyl groups is 1. The Morgan fingerprint density at radius 3 is 2.15 bits per heavy atom. The van der Waals surface area contributed by atoms with E-state index in [9.17, 15) is 34.2 Å². The van der Waals surface area contributed by atoms with Crippen LogP contribution in [-0.2, 0) is 30.3 Å². The number of ketones is 1. The third-order valence-corrected chi connectivity index (χ3v) is 7.86. The summed E-state index contributed by atoms with van der Waals surface area (Å²) in [6.45, 7) is 3.40. The van der Waals surface area contributed by atoms with Crippen molar-refractivity contribution in [2.24, 2.45) is 11.7 Å². The fourth-order valence-corrected chi connectivity index (χ4v) is 5.02. The van der Waals surface area contributed by atoms with E-state index in [-0.39, 0.29) is 18.8 Å². The third kappa shape index (κ3) is 17.0. The molecule has 0 saturated heterocycles. The Labute approximate surface area is 283 Å². The highest BCUT2D eigenvalue weighted by atomic mass is 16.7. The zero-order valence-corrected chi connectivity index (χ0v) is 28.2. The molecule has 1 rings (SSSR count). The van der Waals surface area contributed by atoms with Crippen molar-refractivity contribution in [2.75, 3.05) is 13.2 Å². The van der Waals surface area contributed by atoms with Gasteiger partial charge in [0.15, 0.2) is 5.60 Å². The second-order valence-corrected chi connectivity index (χ2v) is 11.7. The second kappa shape index (κ2) is 23.9. The maximum atomic E-state index is 13.5. The summed E-state index contributed by atoms with van der Waals surface area (Å²) in [4.78, 5) is 61.0. The quantitative estimate of drug-likeness (QED) is 0.0388. The fourth-order valence-electron chi connectivity index (χ4n) is 5.02. The van der Waals surface area contributed by atoms with Crippen molar-refractivity contribution in [1.82, 2.24) is 5.32 Å². The van der Waals surface area contributed by atoms with Crippen LogP contribution in [-0.4, -0.2) is 69.9 Å². The van der Waals surface area contributed by atoms with Crippen LogP contribution in [0.2, 0.25) is 0 Å². The lowest BCUT2D eigenvalue weighted by molar-refractivity contribution is -0.151. The van der Waals surface area contributed by atoms with E-state index in [1.807, 2.05) is 0 Å². The van der Waals surface area contributed by atoms with Crippen LogP contribution in [0, 0.1) is 17.8 Å². The molecule has 0 radical (unpaired) electrons. The van der Waals surface area contributed by atoms with Gasteiger partial charge in [0.25, 0.3) is 5.91 Å². The molecule has 0 saturated carbocycles. The van der Waals surface area contributed by atoms with Gasteiger partial charge in [0, 0.05) is 25.7 Å². The number of carboxylic acid groups (broad SMARTS) is 2. The number of nitrogens with two attached hydrogens (primary N) is 1. The molecular weight excluding hydrogens is 620 g/mol. The summed E-state index contributed by atoms with van der Waals surface area (Å²) in [5.41, 5.74) is 3.48. The van der Waals surface area contributed by atoms with Crippen molar-refractivity contribution in [3.05, 3.63) is 42.0 Å². The van der Waals surface area contributed by atoms with Crippen LogP contribution in [0.3, 0.4) is 0 Å². The van der Waals surface area contributed by atoms with E-state index in [0.717, 1.165) is 38.5 Å². The molecule has 12 nitrogen and oxygen atoms in total. The molecule has 3 atom stereocenters. The molecule has 0 unspecified atom stereocenters. The highest BCUT2D eigenvalue weighted by Gasteiger charge is 2.46. The molecule has 1 aromatic rings. The Bertz CT molecular complexity index is 1250. The molecule has 0 aliphatic carbocycles. The molecular formula is C36H52N2O10. The van der Waals surface area contributed by atoms with Crippen molar-refractivity contribution in [1.29, 1.82) is 0 Å². The number of allylic oxidation sites excluding steroid dienone is 1. The van der Waals surface area contributed by atoms with E-state index in [4.69, 9.17) is 15.6 Å². The second-order valence-electron chi connectivity index (χ2n) is 11.7. The number of benzene rings is 1. The van der Waals surface area contributed by atoms with Crippen LogP contribution >= 0.6 is 0 Å². The number of primary amides is 1. The van der Waals surface area contributed by atoms with Gasteiger partial charge in [-0.1, -0.05) is 75.7 Å². The number of amides is 2. The molecule has 12 heteroatoms. The van der Waals surface area contributed by atoms with E-state index in [0.29, 0.717) is 37.0 Å². The van der Waals surface area contributed by atoms with Gasteiger partial charge in [-0.2, -0.15) is 0 Å². The monoisotopic (exact) mass is 672 g/mol. The lowest BCUT2D eigenvalue weighted by Crippen LogP contribution is -2.57. The molecule has 0 fully saturated rings. The van der Waals surface area contributed by atoms with Crippen molar-refractivity contribution < 1.29 is 48.8 Å². The van der Waals surface area contributed by atoms with Crippen molar-refractivity contribution in [2.45, 2.75) is 115 Å². The molecule has 0 bridgehead atoms. The van der Waals surface area contributed by atoms with E-state index < -0.39 is 54.5 Å². The zero-order chi connectivity index (χ0) is 35.8. The van der Waals surface area contributed by atoms with Crippen LogP contribution in [0.1, 0.15) is 103 Å². The molecule has 48 heavy (non-hydrogen) atoms. The summed E-state index contributed by atoms with van der Waals surface area (Å²) in [5, 5.41) is 32.4. The number of carboxylic acids is 1. The molecule has 0 aromatic heterocycles. The maximum absolute atomic E-state index is 13.5. The molecule has 2 amide bonds. The summed E-state index contributed by atoms with van der Waals surface area (Å²) in [5.74, 6) is 1.01. The maximum Gasteiger partial charge on any atom is 0.505 e. The smallest absolute Gasteiger partial charge is 0.481 e. The van der Waals surface area contributed by atoms with E-state index in [1.165, 1.54) is 18.9 Å². The van der Waals surface area contributed by atoms with Crippen molar-refractivity contribution in [3.8, 4) is 17.6 Å². The number of ether oxygens (including phenoxy) is 2. The van der Waals surface area contributed by atoms with Gasteiger partial charge in [0.1, 0.15) is 24.2 Å². The highest BCUT2D eigenvalue weighted by Crippen LogP contribution is 2.25. The average Bonchev–Trinajstić information content (AvgIpc) is 3.04. The Morgan fingerprint density at radius 2 is 1.58 bits per heavy atom. The van der Waals surface area contributed by atoms with Crippen LogP contribution in [0.4, 0.5) is 4.79 Å². The third-order valence-electron chi connectivity index (χ3n) is 7.86. The van der Waals surface area contributed by atoms with Crippen LogP contribution < -0.4 is 15.8 Å². The predicted octanol–water partition coefficient (Wildman–Crippen LogP) is 4.94. The molecule has 0 spiro atoms. The number of aliphatic carboxylic acids is 1. The van der Waals surface area contributed by atoms with Crippen molar-refractivity contribution >= 4 is 29.7 Å². The molecule has 266 valence electrons. The predicted molar refractivity (Wildman–Crippen MR) is 180 cm³/mol. The van der Waals surface area contributed by atoms with Crippen LogP contribution in [0.25, 0.3) is 0 Å². The number of hydrogen-bond donors (Lipinski definition) is 5. The summed E-state index contributed by atoms with van der Waals surface area (Å²) in [6, 6.07) is 5.13. The number of carbonyl (C=O) groups excluding carboxylic acids is 3. The van der Waals surface area contributed by atoms with Gasteiger partial charge < -0.3 is 35.8 Å². The summed E-state index contributed by atoms with van der Waals surface area (Å²) >= 11 is 0. The number of nitrogens with one attached hydrogen (secondary N) is 1. The minimum atomic E-state index is -2.57. The van der Waals surface area contributed by atoms with Gasteiger partial charge in [-0.25, -0.2) is 9.59 Å². The van der Waals surface area contributed by atoms with Gasteiger partial charge in [-0.15, -0.1) is 5.92 Å². The number of hydrogen-bond acceptors (Lipinski definition) is 8. The first-order valence-electron chi connectivity index (χ1n) is 16.6. The van der Waals surface area contributed by atoms with Gasteiger partial charge in [-0.3, -0.25) is 14.4 Å². The van der Waals surface area contributed by atoms with E-state index >= 15 is 0 Å². The van der Waals surface area contributed by atoms with Crippen LogP contribution in [0.5, 0.6) is 5.75 Å². The standard InChI is InChI=1S/C36H52N2O10/c1-3-5-7-10-13-16-28(39)17-14-11-8-9-12-15-18-30(36(46,34(37)43)23-25-48-35(44)45)32(40)38-31(33(41)42)26-27-19-21-29(22-20-27)47-24-6-4-2/h15,18-22,30-31,46H,3,5,7-14,16-17,23-26H2,1-2H3,(H2,37,43)(H,38,40)(H,41,42)(H,44,45)/t30-,31+,36+/m1/s1. The topological polar surface area (TPSA) is 203 Å². The average molecular weight is 673 g/mol. The van der Waals surface area contributed by atoms with Gasteiger partial charge in [0.05, 0.1) is 12.5 Å². The molecule has 0 aliphatic heterocycles. The summed E-state index contributed by atoms with van der Waals surface area (Å²) in [6.07, 6.45) is 10.8. The molecule has 0 aliphatic rings. The first-order valence-corrected chi connectivity index (χ1v) is 16.6. The Kier molecular flexibility index (Phi) is 20.7. The van der Waals surface area contributed by atoms with E-state index in [1.54, 1.807) is 37.3 Å². The highest BCUT2D eigenvalue weighted by molar-refractivity contribution is 5.94. The minimum Gasteiger partial charge on any atom is -0.481 e.